The van der Waals surface area contributed by atoms with Gasteiger partial charge in [0, 0.05) is 25.7 Å². The molecule has 1 unspecified atom stereocenters. The minimum Gasteiger partial charge on any atom is -0.481 e. The van der Waals surface area contributed by atoms with Gasteiger partial charge in [-0.1, -0.05) is 12.1 Å². The number of carbonyl (C=O) groups excluding carboxylic acids is 1. The van der Waals surface area contributed by atoms with E-state index in [1.54, 1.807) is 6.07 Å². The van der Waals surface area contributed by atoms with Crippen molar-refractivity contribution in [2.75, 3.05) is 7.05 Å². The first-order chi connectivity index (χ1) is 8.82. The van der Waals surface area contributed by atoms with Gasteiger partial charge in [-0.25, -0.2) is 0 Å². The van der Waals surface area contributed by atoms with Crippen molar-refractivity contribution in [1.82, 2.24) is 4.90 Å². The SMILES string of the molecule is CC(C(=O)O)C(=O)N(C)Cc1cccc([N+](=O)[O-])c1. The molecule has 1 rings (SSSR count). The Balaban J connectivity index is 2.79. The quantitative estimate of drug-likeness (QED) is 0.491. The summed E-state index contributed by atoms with van der Waals surface area (Å²) < 4.78 is 0. The molecular weight excluding hydrogens is 252 g/mol. The lowest BCUT2D eigenvalue weighted by molar-refractivity contribution is -0.384. The molecule has 0 aliphatic rings. The fraction of sp³-hybridized carbons (Fsp3) is 0.333. The van der Waals surface area contributed by atoms with Crippen LogP contribution < -0.4 is 0 Å². The molecule has 0 aliphatic heterocycles. The molecule has 0 bridgehead atoms. The molecule has 1 atom stereocenters. The molecule has 0 heterocycles. The van der Waals surface area contributed by atoms with Crippen molar-refractivity contribution >= 4 is 17.6 Å². The second kappa shape index (κ2) is 5.94. The predicted octanol–water partition coefficient (Wildman–Crippen LogP) is 1.27. The monoisotopic (exact) mass is 266 g/mol. The number of hydrogen-bond donors (Lipinski definition) is 1. The molecule has 19 heavy (non-hydrogen) atoms. The molecule has 0 fully saturated rings. The van der Waals surface area contributed by atoms with E-state index in [9.17, 15) is 19.7 Å². The van der Waals surface area contributed by atoms with Crippen LogP contribution in [0.25, 0.3) is 0 Å². The molecule has 7 nitrogen and oxygen atoms in total. The van der Waals surface area contributed by atoms with Gasteiger partial charge in [0.05, 0.1) is 4.92 Å². The molecule has 0 radical (unpaired) electrons. The first kappa shape index (κ1) is 14.6. The minimum atomic E-state index is -1.20. The highest BCUT2D eigenvalue weighted by Crippen LogP contribution is 2.15. The van der Waals surface area contributed by atoms with Crippen molar-refractivity contribution in [2.24, 2.45) is 5.92 Å². The second-order valence-electron chi connectivity index (χ2n) is 4.18. The third-order valence-electron chi connectivity index (χ3n) is 2.66. The maximum absolute atomic E-state index is 11.7. The third-order valence-corrected chi connectivity index (χ3v) is 2.66. The van der Waals surface area contributed by atoms with Gasteiger partial charge in [-0.15, -0.1) is 0 Å². The van der Waals surface area contributed by atoms with Crippen LogP contribution in [-0.4, -0.2) is 33.9 Å². The fourth-order valence-electron chi connectivity index (χ4n) is 1.56. The molecule has 0 saturated heterocycles. The van der Waals surface area contributed by atoms with Crippen molar-refractivity contribution in [1.29, 1.82) is 0 Å². The van der Waals surface area contributed by atoms with Crippen LogP contribution in [0, 0.1) is 16.0 Å². The maximum atomic E-state index is 11.7. The largest absolute Gasteiger partial charge is 0.481 e. The summed E-state index contributed by atoms with van der Waals surface area (Å²) in [4.78, 5) is 33.8. The van der Waals surface area contributed by atoms with Crippen molar-refractivity contribution in [3.63, 3.8) is 0 Å². The molecule has 102 valence electrons. The molecule has 7 heteroatoms. The van der Waals surface area contributed by atoms with Crippen molar-refractivity contribution in [2.45, 2.75) is 13.5 Å². The average Bonchev–Trinajstić information content (AvgIpc) is 2.37. The summed E-state index contributed by atoms with van der Waals surface area (Å²) in [5.74, 6) is -2.88. The Hall–Kier alpha value is -2.44. The van der Waals surface area contributed by atoms with Crippen LogP contribution in [0.5, 0.6) is 0 Å². The standard InChI is InChI=1S/C12H14N2O5/c1-8(12(16)17)11(15)13(2)7-9-4-3-5-10(6-9)14(18)19/h3-6,8H,7H2,1-2H3,(H,16,17). The number of nitro groups is 1. The zero-order valence-corrected chi connectivity index (χ0v) is 10.6. The Bertz CT molecular complexity index is 515. The van der Waals surface area contributed by atoms with Crippen molar-refractivity contribution < 1.29 is 19.6 Å². The van der Waals surface area contributed by atoms with E-state index < -0.39 is 22.7 Å². The number of rotatable bonds is 5. The number of carboxylic acids is 1. The summed E-state index contributed by atoms with van der Waals surface area (Å²) in [5, 5.41) is 19.4. The zero-order chi connectivity index (χ0) is 14.6. The number of benzene rings is 1. The highest BCUT2D eigenvalue weighted by molar-refractivity contribution is 5.96. The number of non-ortho nitro benzene ring substituents is 1. The molecule has 1 aromatic rings. The van der Waals surface area contributed by atoms with Crippen LogP contribution in [-0.2, 0) is 16.1 Å². The summed E-state index contributed by atoms with van der Waals surface area (Å²) in [5.41, 5.74) is 0.507. The highest BCUT2D eigenvalue weighted by atomic mass is 16.6. The number of nitrogens with zero attached hydrogens (tertiary/aromatic N) is 2. The van der Waals surface area contributed by atoms with Gasteiger partial charge in [0.1, 0.15) is 5.92 Å². The highest BCUT2D eigenvalue weighted by Gasteiger charge is 2.24. The van der Waals surface area contributed by atoms with E-state index >= 15 is 0 Å². The molecule has 1 amide bonds. The Labute approximate surface area is 109 Å². The second-order valence-corrected chi connectivity index (χ2v) is 4.18. The molecule has 0 spiro atoms. The number of hydrogen-bond acceptors (Lipinski definition) is 4. The fourth-order valence-corrected chi connectivity index (χ4v) is 1.56. The van der Waals surface area contributed by atoms with Crippen LogP contribution in [0.15, 0.2) is 24.3 Å². The number of aliphatic carboxylic acids is 1. The van der Waals surface area contributed by atoms with Crippen LogP contribution in [0.4, 0.5) is 5.69 Å². The van der Waals surface area contributed by atoms with E-state index in [4.69, 9.17) is 5.11 Å². The topological polar surface area (TPSA) is 101 Å². The van der Waals surface area contributed by atoms with Gasteiger partial charge >= 0.3 is 5.97 Å². The summed E-state index contributed by atoms with van der Waals surface area (Å²) in [6, 6.07) is 5.87. The number of nitro benzene ring substituents is 1. The van der Waals surface area contributed by atoms with E-state index in [2.05, 4.69) is 0 Å². The number of amides is 1. The smallest absolute Gasteiger partial charge is 0.315 e. The van der Waals surface area contributed by atoms with Gasteiger partial charge in [0.15, 0.2) is 0 Å². The Morgan fingerprint density at radius 1 is 1.47 bits per heavy atom. The third kappa shape index (κ3) is 3.77. The van der Waals surface area contributed by atoms with Crippen LogP contribution in [0.1, 0.15) is 12.5 Å². The lowest BCUT2D eigenvalue weighted by atomic mass is 10.1. The Morgan fingerprint density at radius 2 is 2.11 bits per heavy atom. The lowest BCUT2D eigenvalue weighted by Gasteiger charge is -2.19. The van der Waals surface area contributed by atoms with Crippen LogP contribution >= 0.6 is 0 Å². The van der Waals surface area contributed by atoms with Gasteiger partial charge in [0.2, 0.25) is 5.91 Å². The predicted molar refractivity (Wildman–Crippen MR) is 66.4 cm³/mol. The lowest BCUT2D eigenvalue weighted by Crippen LogP contribution is -2.34. The van der Waals surface area contributed by atoms with E-state index in [-0.39, 0.29) is 12.2 Å². The zero-order valence-electron chi connectivity index (χ0n) is 10.6. The van der Waals surface area contributed by atoms with Crippen molar-refractivity contribution in [3.8, 4) is 0 Å². The Morgan fingerprint density at radius 3 is 2.63 bits per heavy atom. The molecular formula is C12H14N2O5. The normalized spacial score (nSPS) is 11.7. The summed E-state index contributed by atoms with van der Waals surface area (Å²) in [6.45, 7) is 1.42. The van der Waals surface area contributed by atoms with E-state index in [0.717, 1.165) is 0 Å². The molecule has 0 saturated carbocycles. The summed E-state index contributed by atoms with van der Waals surface area (Å²) in [6.07, 6.45) is 0. The summed E-state index contributed by atoms with van der Waals surface area (Å²) >= 11 is 0. The average molecular weight is 266 g/mol. The number of carboxylic acid groups (broad SMARTS) is 1. The molecule has 0 aliphatic carbocycles. The van der Waals surface area contributed by atoms with Crippen LogP contribution in [0.3, 0.4) is 0 Å². The molecule has 1 N–H and O–H groups in total. The van der Waals surface area contributed by atoms with E-state index in [1.165, 1.54) is 37.1 Å². The van der Waals surface area contributed by atoms with Gasteiger partial charge in [-0.2, -0.15) is 0 Å². The van der Waals surface area contributed by atoms with Gasteiger partial charge < -0.3 is 10.0 Å². The van der Waals surface area contributed by atoms with Gasteiger partial charge in [-0.05, 0) is 12.5 Å². The number of carbonyl (C=O) groups is 2. The summed E-state index contributed by atoms with van der Waals surface area (Å²) in [7, 11) is 1.46. The van der Waals surface area contributed by atoms with Gasteiger partial charge in [0.25, 0.3) is 5.69 Å². The van der Waals surface area contributed by atoms with Crippen LogP contribution in [0.2, 0.25) is 0 Å². The first-order valence-corrected chi connectivity index (χ1v) is 5.54. The Kier molecular flexibility index (Phi) is 4.57. The van der Waals surface area contributed by atoms with Crippen molar-refractivity contribution in [3.05, 3.63) is 39.9 Å². The molecule has 0 aromatic heterocycles. The van der Waals surface area contributed by atoms with E-state index in [0.29, 0.717) is 5.56 Å². The maximum Gasteiger partial charge on any atom is 0.315 e. The van der Waals surface area contributed by atoms with E-state index in [1.807, 2.05) is 0 Å². The minimum absolute atomic E-state index is 0.0652. The first-order valence-electron chi connectivity index (χ1n) is 5.54. The molecule has 1 aromatic carbocycles. The van der Waals surface area contributed by atoms with Gasteiger partial charge in [-0.3, -0.25) is 19.7 Å².